The summed E-state index contributed by atoms with van der Waals surface area (Å²) in [6.45, 7) is 7.96. The van der Waals surface area contributed by atoms with Gasteiger partial charge in [-0.2, -0.15) is 5.10 Å². The average Bonchev–Trinajstić information content (AvgIpc) is 3.28. The third kappa shape index (κ3) is 4.04. The lowest BCUT2D eigenvalue weighted by atomic mass is 9.98. The fraction of sp³-hybridized carbons (Fsp3) is 0.476. The van der Waals surface area contributed by atoms with Gasteiger partial charge in [0, 0.05) is 43.5 Å². The third-order valence-electron chi connectivity index (χ3n) is 5.45. The predicted octanol–water partition coefficient (Wildman–Crippen LogP) is 2.69. The van der Waals surface area contributed by atoms with Gasteiger partial charge in [0.05, 0.1) is 11.6 Å². The summed E-state index contributed by atoms with van der Waals surface area (Å²) in [6, 6.07) is 7.52. The normalized spacial score (nSPS) is 15.0. The summed E-state index contributed by atoms with van der Waals surface area (Å²) in [7, 11) is 1.89. The Labute approximate surface area is 160 Å². The van der Waals surface area contributed by atoms with Gasteiger partial charge in [0.1, 0.15) is 0 Å². The van der Waals surface area contributed by atoms with Crippen molar-refractivity contribution in [2.75, 3.05) is 13.1 Å². The number of amides is 2. The molecule has 0 spiro atoms. The predicted molar refractivity (Wildman–Crippen MR) is 105 cm³/mol. The van der Waals surface area contributed by atoms with Gasteiger partial charge in [0.25, 0.3) is 5.91 Å². The maximum atomic E-state index is 12.6. The van der Waals surface area contributed by atoms with Crippen molar-refractivity contribution in [3.05, 3.63) is 52.3 Å². The summed E-state index contributed by atoms with van der Waals surface area (Å²) in [5, 5.41) is 7.39. The van der Waals surface area contributed by atoms with Crippen molar-refractivity contribution in [1.29, 1.82) is 0 Å². The number of aromatic nitrogens is 2. The van der Waals surface area contributed by atoms with E-state index in [4.69, 9.17) is 0 Å². The summed E-state index contributed by atoms with van der Waals surface area (Å²) < 4.78 is 1.81. The largest absolute Gasteiger partial charge is 0.352 e. The first-order valence-electron chi connectivity index (χ1n) is 9.54. The second-order valence-electron chi connectivity index (χ2n) is 7.34. The van der Waals surface area contributed by atoms with Crippen LogP contribution in [0.25, 0.3) is 0 Å². The molecule has 1 atom stereocenters. The zero-order valence-electron chi connectivity index (χ0n) is 16.6. The smallest absolute Gasteiger partial charge is 0.253 e. The summed E-state index contributed by atoms with van der Waals surface area (Å²) in [5.41, 5.74) is 4.58. The number of nitrogens with zero attached hydrogens (tertiary/aromatic N) is 3. The number of carbonyl (C=O) groups is 2. The topological polar surface area (TPSA) is 67.2 Å². The molecule has 0 aliphatic carbocycles. The maximum absolute atomic E-state index is 12.6. The molecule has 1 N–H and O–H groups in total. The minimum atomic E-state index is -0.255. The Balaban J connectivity index is 1.59. The van der Waals surface area contributed by atoms with Gasteiger partial charge in [-0.25, -0.2) is 0 Å². The molecule has 1 saturated heterocycles. The zero-order valence-corrected chi connectivity index (χ0v) is 16.6. The number of nitrogens with one attached hydrogen (secondary N) is 1. The molecule has 1 aliphatic heterocycles. The number of benzene rings is 1. The molecular formula is C21H28N4O2. The molecule has 2 heterocycles. The quantitative estimate of drug-likeness (QED) is 0.882. The Morgan fingerprint density at radius 2 is 1.78 bits per heavy atom. The highest BCUT2D eigenvalue weighted by molar-refractivity contribution is 5.94. The van der Waals surface area contributed by atoms with Crippen LogP contribution in [0.1, 0.15) is 58.6 Å². The molecule has 144 valence electrons. The van der Waals surface area contributed by atoms with Crippen molar-refractivity contribution < 1.29 is 9.59 Å². The Bertz CT molecular complexity index is 833. The van der Waals surface area contributed by atoms with E-state index in [9.17, 15) is 9.59 Å². The average molecular weight is 368 g/mol. The number of aryl methyl sites for hydroxylation is 2. The van der Waals surface area contributed by atoms with E-state index in [0.29, 0.717) is 12.1 Å². The first kappa shape index (κ1) is 19.1. The van der Waals surface area contributed by atoms with Crippen LogP contribution in [0.5, 0.6) is 0 Å². The van der Waals surface area contributed by atoms with Crippen LogP contribution in [0, 0.1) is 13.8 Å². The van der Waals surface area contributed by atoms with Crippen LogP contribution in [-0.4, -0.2) is 39.6 Å². The van der Waals surface area contributed by atoms with E-state index in [-0.39, 0.29) is 17.7 Å². The minimum Gasteiger partial charge on any atom is -0.352 e. The Kier molecular flexibility index (Phi) is 5.63. The van der Waals surface area contributed by atoms with Crippen LogP contribution in [0.2, 0.25) is 0 Å². The van der Waals surface area contributed by atoms with E-state index in [1.54, 1.807) is 0 Å². The van der Waals surface area contributed by atoms with Gasteiger partial charge in [-0.1, -0.05) is 12.1 Å². The van der Waals surface area contributed by atoms with Crippen LogP contribution < -0.4 is 5.32 Å². The lowest BCUT2D eigenvalue weighted by molar-refractivity contribution is -0.122. The number of likely N-dealkylation sites (tertiary alicyclic amines) is 1. The summed E-state index contributed by atoms with van der Waals surface area (Å²) in [4.78, 5) is 26.9. The standard InChI is InChI=1S/C21H28N4O2/c1-14(19-15(2)23-24(4)16(19)3)20(26)22-13-17-7-9-18(10-8-17)21(27)25-11-5-6-12-25/h7-10,14H,5-6,11-13H2,1-4H3,(H,22,26). The second-order valence-corrected chi connectivity index (χ2v) is 7.34. The molecule has 1 unspecified atom stereocenters. The fourth-order valence-electron chi connectivity index (χ4n) is 3.76. The van der Waals surface area contributed by atoms with Crippen molar-refractivity contribution in [2.45, 2.75) is 46.1 Å². The van der Waals surface area contributed by atoms with E-state index in [1.165, 1.54) is 0 Å². The van der Waals surface area contributed by atoms with Crippen molar-refractivity contribution in [3.63, 3.8) is 0 Å². The minimum absolute atomic E-state index is 0.0218. The molecule has 0 radical (unpaired) electrons. The lowest BCUT2D eigenvalue weighted by Crippen LogP contribution is -2.28. The van der Waals surface area contributed by atoms with Gasteiger partial charge >= 0.3 is 0 Å². The molecule has 6 heteroatoms. The second kappa shape index (κ2) is 7.94. The van der Waals surface area contributed by atoms with Crippen LogP contribution in [0.3, 0.4) is 0 Å². The Hall–Kier alpha value is -2.63. The van der Waals surface area contributed by atoms with Crippen LogP contribution in [0.15, 0.2) is 24.3 Å². The van der Waals surface area contributed by atoms with Crippen LogP contribution in [0.4, 0.5) is 0 Å². The van der Waals surface area contributed by atoms with E-state index >= 15 is 0 Å². The molecule has 1 fully saturated rings. The molecule has 0 bridgehead atoms. The maximum Gasteiger partial charge on any atom is 0.253 e. The van der Waals surface area contributed by atoms with Gasteiger partial charge in [0.2, 0.25) is 5.91 Å². The van der Waals surface area contributed by atoms with E-state index < -0.39 is 0 Å². The van der Waals surface area contributed by atoms with Crippen LogP contribution in [-0.2, 0) is 18.4 Å². The monoisotopic (exact) mass is 368 g/mol. The Morgan fingerprint density at radius 3 is 2.33 bits per heavy atom. The summed E-state index contributed by atoms with van der Waals surface area (Å²) in [5.74, 6) is -0.180. The van der Waals surface area contributed by atoms with Crippen molar-refractivity contribution >= 4 is 11.8 Å². The van der Waals surface area contributed by atoms with Gasteiger partial charge in [-0.15, -0.1) is 0 Å². The molecule has 3 rings (SSSR count). The highest BCUT2D eigenvalue weighted by Gasteiger charge is 2.22. The third-order valence-corrected chi connectivity index (χ3v) is 5.45. The van der Waals surface area contributed by atoms with Crippen molar-refractivity contribution in [1.82, 2.24) is 20.0 Å². The SMILES string of the molecule is Cc1nn(C)c(C)c1C(C)C(=O)NCc1ccc(C(=O)N2CCCC2)cc1. The molecule has 1 aromatic carbocycles. The highest BCUT2D eigenvalue weighted by atomic mass is 16.2. The van der Waals surface area contributed by atoms with E-state index in [0.717, 1.165) is 48.4 Å². The first-order valence-corrected chi connectivity index (χ1v) is 9.54. The Morgan fingerprint density at radius 1 is 1.15 bits per heavy atom. The lowest BCUT2D eigenvalue weighted by Gasteiger charge is -2.16. The van der Waals surface area contributed by atoms with Crippen molar-refractivity contribution in [2.24, 2.45) is 7.05 Å². The van der Waals surface area contributed by atoms with Gasteiger partial charge in [-0.3, -0.25) is 14.3 Å². The van der Waals surface area contributed by atoms with Gasteiger partial charge in [0.15, 0.2) is 0 Å². The summed E-state index contributed by atoms with van der Waals surface area (Å²) >= 11 is 0. The fourth-order valence-corrected chi connectivity index (χ4v) is 3.76. The number of carbonyl (C=O) groups excluding carboxylic acids is 2. The molecule has 0 saturated carbocycles. The van der Waals surface area contributed by atoms with Crippen LogP contribution >= 0.6 is 0 Å². The number of hydrogen-bond acceptors (Lipinski definition) is 3. The number of hydrogen-bond donors (Lipinski definition) is 1. The summed E-state index contributed by atoms with van der Waals surface area (Å²) in [6.07, 6.45) is 2.17. The van der Waals surface area contributed by atoms with Gasteiger partial charge in [-0.05, 0) is 51.3 Å². The van der Waals surface area contributed by atoms with Crippen molar-refractivity contribution in [3.8, 4) is 0 Å². The zero-order chi connectivity index (χ0) is 19.6. The molecule has 6 nitrogen and oxygen atoms in total. The first-order chi connectivity index (χ1) is 12.9. The molecule has 2 amide bonds. The number of rotatable bonds is 5. The molecule has 1 aliphatic rings. The highest BCUT2D eigenvalue weighted by Crippen LogP contribution is 2.23. The molecule has 27 heavy (non-hydrogen) atoms. The van der Waals surface area contributed by atoms with E-state index in [2.05, 4.69) is 10.4 Å². The van der Waals surface area contributed by atoms with E-state index in [1.807, 2.05) is 61.7 Å². The molecular weight excluding hydrogens is 340 g/mol. The molecule has 2 aromatic rings. The van der Waals surface area contributed by atoms with Gasteiger partial charge < -0.3 is 10.2 Å². The molecule has 1 aromatic heterocycles.